The van der Waals surface area contributed by atoms with Gasteiger partial charge in [-0.15, -0.1) is 0 Å². The highest BCUT2D eigenvalue weighted by Gasteiger charge is 2.60. The van der Waals surface area contributed by atoms with Crippen molar-refractivity contribution in [3.8, 4) is 0 Å². The highest BCUT2D eigenvalue weighted by atomic mass is 16.5. The molecule has 6 rings (SSSR count). The van der Waals surface area contributed by atoms with Gasteiger partial charge in [-0.05, 0) is 99.5 Å². The summed E-state index contributed by atoms with van der Waals surface area (Å²) in [5.41, 5.74) is 5.25. The first-order valence-electron chi connectivity index (χ1n) is 12.8. The molecule has 0 amide bonds. The molecule has 10 atom stereocenters. The van der Waals surface area contributed by atoms with Crippen molar-refractivity contribution in [2.24, 2.45) is 35.0 Å². The van der Waals surface area contributed by atoms with Crippen molar-refractivity contribution >= 4 is 0 Å². The van der Waals surface area contributed by atoms with Gasteiger partial charge in [0.1, 0.15) is 0 Å². The van der Waals surface area contributed by atoms with E-state index < -0.39 is 0 Å². The molecule has 2 aliphatic heterocycles. The summed E-state index contributed by atoms with van der Waals surface area (Å²) in [5, 5.41) is 14.1. The molecule has 1 spiro atoms. The Balaban J connectivity index is 1.34. The van der Waals surface area contributed by atoms with Gasteiger partial charge < -0.3 is 15.2 Å². The first kappa shape index (κ1) is 20.0. The van der Waals surface area contributed by atoms with Crippen molar-refractivity contribution in [2.75, 3.05) is 6.54 Å². The molecule has 30 heavy (non-hydrogen) atoms. The Bertz CT molecular complexity index is 801. The van der Waals surface area contributed by atoms with Gasteiger partial charge in [-0.3, -0.25) is 0 Å². The molecule has 2 saturated heterocycles. The number of nitrogens with one attached hydrogen (secondary N) is 1. The van der Waals surface area contributed by atoms with Crippen LogP contribution >= 0.6 is 0 Å². The lowest BCUT2D eigenvalue weighted by atomic mass is 9.56. The Labute approximate surface area is 182 Å². The zero-order chi connectivity index (χ0) is 20.8. The maximum Gasteiger partial charge on any atom is 0.0937 e. The highest BCUT2D eigenvalue weighted by molar-refractivity contribution is 5.38. The normalized spacial score (nSPS) is 55.0. The van der Waals surface area contributed by atoms with E-state index in [1.807, 2.05) is 0 Å². The maximum atomic E-state index is 10.3. The SMILES string of the molecule is CC1=C2C[C@H]3[C@@H](CC=C4C[C@@H](O)CC[C@@]43C)[C@@H]2CC[C@]12O[C@@H]1C[C@H](C)CN[C@@H]1[C@H]2C. The van der Waals surface area contributed by atoms with Crippen LogP contribution in [0.2, 0.25) is 0 Å². The molecule has 4 fully saturated rings. The Morgan fingerprint density at radius 1 is 1.17 bits per heavy atom. The second-order valence-corrected chi connectivity index (χ2v) is 12.2. The number of piperidine rings is 1. The van der Waals surface area contributed by atoms with Crippen LogP contribution in [0.5, 0.6) is 0 Å². The minimum absolute atomic E-state index is 0.0222. The molecule has 3 heteroatoms. The number of allylic oxidation sites excluding steroid dienone is 2. The molecule has 0 unspecified atom stereocenters. The smallest absolute Gasteiger partial charge is 0.0937 e. The number of fused-ring (bicyclic) bond motifs is 6. The van der Waals surface area contributed by atoms with E-state index in [9.17, 15) is 5.11 Å². The van der Waals surface area contributed by atoms with E-state index in [1.54, 1.807) is 16.7 Å². The van der Waals surface area contributed by atoms with Gasteiger partial charge in [0.05, 0.1) is 17.8 Å². The molecule has 2 saturated carbocycles. The zero-order valence-corrected chi connectivity index (χ0v) is 19.4. The molecule has 0 aromatic carbocycles. The maximum absolute atomic E-state index is 10.3. The fourth-order valence-corrected chi connectivity index (χ4v) is 9.09. The van der Waals surface area contributed by atoms with Crippen LogP contribution in [0.15, 0.2) is 22.8 Å². The van der Waals surface area contributed by atoms with Crippen molar-refractivity contribution in [2.45, 2.75) is 103 Å². The van der Waals surface area contributed by atoms with E-state index in [4.69, 9.17) is 4.74 Å². The monoisotopic (exact) mass is 411 g/mol. The summed E-state index contributed by atoms with van der Waals surface area (Å²) in [6, 6.07) is 0.530. The molecule has 4 aliphatic carbocycles. The number of rotatable bonds is 0. The standard InChI is InChI=1S/C27H41NO2/c1-15-11-24-25(28-14-15)17(3)27(30-24)10-8-20-21-6-5-18-12-19(29)7-9-26(18,4)23(21)13-22(20)16(27)2/h5,15,17,19-21,23-25,28-29H,6-14H2,1-4H3/t15-,17+,19-,20-,21-,23-,24+,25+,26-,27-/m0/s1. The Hall–Kier alpha value is -0.640. The van der Waals surface area contributed by atoms with Crippen LogP contribution in [0.4, 0.5) is 0 Å². The van der Waals surface area contributed by atoms with Crippen molar-refractivity contribution in [1.29, 1.82) is 0 Å². The van der Waals surface area contributed by atoms with Crippen molar-refractivity contribution in [3.63, 3.8) is 0 Å². The molecule has 2 N–H and O–H groups in total. The van der Waals surface area contributed by atoms with E-state index in [2.05, 4.69) is 39.1 Å². The molecular weight excluding hydrogens is 370 g/mol. The van der Waals surface area contributed by atoms with E-state index in [-0.39, 0.29) is 11.7 Å². The molecule has 6 aliphatic rings. The summed E-state index contributed by atoms with van der Waals surface area (Å²) in [7, 11) is 0. The molecule has 0 aromatic rings. The van der Waals surface area contributed by atoms with Crippen molar-refractivity contribution < 1.29 is 9.84 Å². The van der Waals surface area contributed by atoms with Gasteiger partial charge in [-0.2, -0.15) is 0 Å². The molecular formula is C27H41NO2. The van der Waals surface area contributed by atoms with Crippen LogP contribution in [0.25, 0.3) is 0 Å². The van der Waals surface area contributed by atoms with Crippen molar-refractivity contribution in [3.05, 3.63) is 22.8 Å². The number of aliphatic hydroxyl groups is 1. The third kappa shape index (κ3) is 2.55. The van der Waals surface area contributed by atoms with Crippen LogP contribution in [0.1, 0.15) is 79.1 Å². The summed E-state index contributed by atoms with van der Waals surface area (Å²) in [4.78, 5) is 0. The third-order valence-corrected chi connectivity index (χ3v) is 10.9. The van der Waals surface area contributed by atoms with Gasteiger partial charge in [0, 0.05) is 12.0 Å². The fourth-order valence-electron chi connectivity index (χ4n) is 9.09. The lowest BCUT2D eigenvalue weighted by molar-refractivity contribution is -0.0549. The van der Waals surface area contributed by atoms with Crippen LogP contribution < -0.4 is 5.32 Å². The molecule has 3 nitrogen and oxygen atoms in total. The Kier molecular flexibility index (Phi) is 4.46. The zero-order valence-electron chi connectivity index (χ0n) is 19.4. The van der Waals surface area contributed by atoms with Gasteiger partial charge in [0.2, 0.25) is 0 Å². The van der Waals surface area contributed by atoms with Crippen molar-refractivity contribution in [1.82, 2.24) is 5.32 Å². The van der Waals surface area contributed by atoms with E-state index in [1.165, 1.54) is 38.5 Å². The first-order chi connectivity index (χ1) is 14.3. The third-order valence-electron chi connectivity index (χ3n) is 10.9. The van der Waals surface area contributed by atoms with E-state index >= 15 is 0 Å². The highest BCUT2D eigenvalue weighted by Crippen LogP contribution is 2.65. The average molecular weight is 412 g/mol. The molecule has 0 bridgehead atoms. The summed E-state index contributed by atoms with van der Waals surface area (Å²) in [6.07, 6.45) is 12.2. The number of hydrogen-bond donors (Lipinski definition) is 2. The predicted octanol–water partition coefficient (Wildman–Crippen LogP) is 5.00. The lowest BCUT2D eigenvalue weighted by Crippen LogP contribution is -2.49. The Morgan fingerprint density at radius 3 is 2.83 bits per heavy atom. The minimum atomic E-state index is -0.111. The predicted molar refractivity (Wildman–Crippen MR) is 120 cm³/mol. The van der Waals surface area contributed by atoms with Crippen LogP contribution in [0, 0.1) is 35.0 Å². The number of hydrogen-bond acceptors (Lipinski definition) is 3. The summed E-state index contributed by atoms with van der Waals surface area (Å²) < 4.78 is 7.03. The molecule has 0 aromatic heterocycles. The van der Waals surface area contributed by atoms with Gasteiger partial charge >= 0.3 is 0 Å². The molecule has 0 radical (unpaired) electrons. The molecule has 166 valence electrons. The largest absolute Gasteiger partial charge is 0.393 e. The van der Waals surface area contributed by atoms with Gasteiger partial charge in [-0.1, -0.05) is 38.0 Å². The summed E-state index contributed by atoms with van der Waals surface area (Å²) in [6.45, 7) is 10.9. The van der Waals surface area contributed by atoms with Gasteiger partial charge in [0.25, 0.3) is 0 Å². The van der Waals surface area contributed by atoms with Crippen LogP contribution in [-0.4, -0.2) is 35.5 Å². The Morgan fingerprint density at radius 2 is 2.00 bits per heavy atom. The van der Waals surface area contributed by atoms with Crippen LogP contribution in [0.3, 0.4) is 0 Å². The van der Waals surface area contributed by atoms with Gasteiger partial charge in [0.15, 0.2) is 0 Å². The second-order valence-electron chi connectivity index (χ2n) is 12.2. The number of ether oxygens (including phenoxy) is 1. The summed E-state index contributed by atoms with van der Waals surface area (Å²) in [5.74, 6) is 3.64. The quantitative estimate of drug-likeness (QED) is 0.551. The molecule has 2 heterocycles. The average Bonchev–Trinajstić information content (AvgIpc) is 3.23. The topological polar surface area (TPSA) is 41.5 Å². The van der Waals surface area contributed by atoms with E-state index in [0.717, 1.165) is 43.1 Å². The first-order valence-corrected chi connectivity index (χ1v) is 12.8. The lowest BCUT2D eigenvalue weighted by Gasteiger charge is -2.49. The summed E-state index contributed by atoms with van der Waals surface area (Å²) >= 11 is 0. The second kappa shape index (κ2) is 6.68. The minimum Gasteiger partial charge on any atom is -0.393 e. The number of aliphatic hydroxyl groups excluding tert-OH is 1. The van der Waals surface area contributed by atoms with E-state index in [0.29, 0.717) is 23.5 Å². The fraction of sp³-hybridized carbons (Fsp3) is 0.852. The van der Waals surface area contributed by atoms with Crippen LogP contribution in [-0.2, 0) is 4.74 Å². The van der Waals surface area contributed by atoms with Gasteiger partial charge in [-0.25, -0.2) is 0 Å².